The van der Waals surface area contributed by atoms with Crippen molar-refractivity contribution in [3.05, 3.63) is 47.3 Å². The second-order valence-electron chi connectivity index (χ2n) is 4.13. The van der Waals surface area contributed by atoms with Crippen LogP contribution in [0.25, 0.3) is 0 Å². The van der Waals surface area contributed by atoms with Crippen molar-refractivity contribution in [2.24, 2.45) is 0 Å². The monoisotopic (exact) mass is 232 g/mol. The first kappa shape index (κ1) is 10.4. The van der Waals surface area contributed by atoms with Crippen LogP contribution < -0.4 is 5.32 Å². The first-order valence-electron chi connectivity index (χ1n) is 5.69. The highest BCUT2D eigenvalue weighted by molar-refractivity contribution is 5.21. The van der Waals surface area contributed by atoms with Crippen LogP contribution in [0.1, 0.15) is 17.2 Å². The van der Waals surface area contributed by atoms with E-state index in [2.05, 4.69) is 20.1 Å². The van der Waals surface area contributed by atoms with Crippen molar-refractivity contribution in [3.8, 4) is 0 Å². The van der Waals surface area contributed by atoms with Crippen LogP contribution in [-0.2, 0) is 19.5 Å². The number of benzene rings is 1. The number of nitrogens with one attached hydrogen (secondary N) is 1. The summed E-state index contributed by atoms with van der Waals surface area (Å²) in [6.07, 6.45) is 0.500. The van der Waals surface area contributed by atoms with Crippen molar-refractivity contribution in [1.29, 1.82) is 0 Å². The Morgan fingerprint density at radius 2 is 2.18 bits per heavy atom. The standard InChI is InChI=1S/C12H13FN4/c13-10-4-2-1-3-9(10)7-11-15-16-12-8-14-5-6-17(11)12/h1-4,14H,5-8H2. The zero-order chi connectivity index (χ0) is 11.7. The number of rotatable bonds is 2. The summed E-state index contributed by atoms with van der Waals surface area (Å²) in [7, 11) is 0. The maximum Gasteiger partial charge on any atom is 0.147 e. The normalized spacial score (nSPS) is 14.6. The lowest BCUT2D eigenvalue weighted by Crippen LogP contribution is -2.29. The molecule has 1 aliphatic heterocycles. The van der Waals surface area contributed by atoms with E-state index in [1.807, 2.05) is 6.07 Å². The molecule has 17 heavy (non-hydrogen) atoms. The number of hydrogen-bond donors (Lipinski definition) is 1. The summed E-state index contributed by atoms with van der Waals surface area (Å²) in [5.74, 6) is 1.59. The van der Waals surface area contributed by atoms with Crippen LogP contribution in [-0.4, -0.2) is 21.3 Å². The average Bonchev–Trinajstić information content (AvgIpc) is 2.76. The number of hydrogen-bond acceptors (Lipinski definition) is 3. The van der Waals surface area contributed by atoms with E-state index in [0.717, 1.165) is 31.3 Å². The number of halogens is 1. The van der Waals surface area contributed by atoms with E-state index in [1.165, 1.54) is 6.07 Å². The molecule has 0 saturated heterocycles. The second-order valence-corrected chi connectivity index (χ2v) is 4.13. The molecule has 0 fully saturated rings. The molecule has 0 amide bonds. The van der Waals surface area contributed by atoms with E-state index in [1.54, 1.807) is 12.1 Å². The summed E-state index contributed by atoms with van der Waals surface area (Å²) in [6, 6.07) is 6.80. The van der Waals surface area contributed by atoms with Gasteiger partial charge in [0.05, 0.1) is 6.54 Å². The van der Waals surface area contributed by atoms with Crippen LogP contribution >= 0.6 is 0 Å². The van der Waals surface area contributed by atoms with Gasteiger partial charge in [0, 0.05) is 19.5 Å². The topological polar surface area (TPSA) is 42.7 Å². The molecular formula is C12H13FN4. The molecule has 2 aromatic rings. The average molecular weight is 232 g/mol. The fourth-order valence-electron chi connectivity index (χ4n) is 2.10. The van der Waals surface area contributed by atoms with Gasteiger partial charge in [0.2, 0.25) is 0 Å². The van der Waals surface area contributed by atoms with E-state index in [-0.39, 0.29) is 5.82 Å². The van der Waals surface area contributed by atoms with Crippen molar-refractivity contribution >= 4 is 0 Å². The lowest BCUT2D eigenvalue weighted by atomic mass is 10.1. The quantitative estimate of drug-likeness (QED) is 0.843. The van der Waals surface area contributed by atoms with Crippen LogP contribution in [0, 0.1) is 5.82 Å². The molecule has 88 valence electrons. The Labute approximate surface area is 98.5 Å². The Bertz CT molecular complexity index is 535. The molecule has 0 radical (unpaired) electrons. The highest BCUT2D eigenvalue weighted by Crippen LogP contribution is 2.13. The zero-order valence-electron chi connectivity index (χ0n) is 9.36. The molecule has 1 aliphatic rings. The van der Waals surface area contributed by atoms with Gasteiger partial charge in [0.15, 0.2) is 0 Å². The lowest BCUT2D eigenvalue weighted by Gasteiger charge is -2.16. The van der Waals surface area contributed by atoms with E-state index in [4.69, 9.17) is 0 Å². The van der Waals surface area contributed by atoms with Crippen molar-refractivity contribution in [3.63, 3.8) is 0 Å². The minimum atomic E-state index is -0.182. The largest absolute Gasteiger partial charge is 0.312 e. The van der Waals surface area contributed by atoms with Crippen molar-refractivity contribution in [2.75, 3.05) is 6.54 Å². The molecule has 3 rings (SSSR count). The number of fused-ring (bicyclic) bond motifs is 1. The van der Waals surface area contributed by atoms with Gasteiger partial charge in [-0.3, -0.25) is 0 Å². The van der Waals surface area contributed by atoms with Gasteiger partial charge < -0.3 is 9.88 Å². The summed E-state index contributed by atoms with van der Waals surface area (Å²) in [6.45, 7) is 2.51. The van der Waals surface area contributed by atoms with Crippen LogP contribution in [0.5, 0.6) is 0 Å². The summed E-state index contributed by atoms with van der Waals surface area (Å²) < 4.78 is 15.6. The van der Waals surface area contributed by atoms with Crippen LogP contribution in [0.2, 0.25) is 0 Å². The van der Waals surface area contributed by atoms with Gasteiger partial charge in [0.25, 0.3) is 0 Å². The van der Waals surface area contributed by atoms with Crippen LogP contribution in [0.15, 0.2) is 24.3 Å². The molecular weight excluding hydrogens is 219 g/mol. The van der Waals surface area contributed by atoms with Crippen molar-refractivity contribution in [2.45, 2.75) is 19.5 Å². The predicted molar refractivity (Wildman–Crippen MR) is 60.9 cm³/mol. The third kappa shape index (κ3) is 1.93. The molecule has 5 heteroatoms. The van der Waals surface area contributed by atoms with E-state index >= 15 is 0 Å². The Kier molecular flexibility index (Phi) is 2.60. The van der Waals surface area contributed by atoms with E-state index in [0.29, 0.717) is 12.0 Å². The third-order valence-corrected chi connectivity index (χ3v) is 3.01. The molecule has 0 bridgehead atoms. The Morgan fingerprint density at radius 1 is 1.29 bits per heavy atom. The van der Waals surface area contributed by atoms with Gasteiger partial charge in [-0.25, -0.2) is 4.39 Å². The third-order valence-electron chi connectivity index (χ3n) is 3.01. The maximum atomic E-state index is 13.5. The molecule has 2 heterocycles. The maximum absolute atomic E-state index is 13.5. The summed E-state index contributed by atoms with van der Waals surface area (Å²) in [5.41, 5.74) is 0.668. The second kappa shape index (κ2) is 4.25. The van der Waals surface area contributed by atoms with Gasteiger partial charge in [-0.15, -0.1) is 10.2 Å². The van der Waals surface area contributed by atoms with Gasteiger partial charge in [0.1, 0.15) is 17.5 Å². The van der Waals surface area contributed by atoms with E-state index < -0.39 is 0 Å². The molecule has 1 aromatic carbocycles. The highest BCUT2D eigenvalue weighted by atomic mass is 19.1. The molecule has 4 nitrogen and oxygen atoms in total. The zero-order valence-corrected chi connectivity index (χ0v) is 9.36. The summed E-state index contributed by atoms with van der Waals surface area (Å²) in [4.78, 5) is 0. The Hall–Kier alpha value is -1.75. The Morgan fingerprint density at radius 3 is 3.06 bits per heavy atom. The van der Waals surface area contributed by atoms with E-state index in [9.17, 15) is 4.39 Å². The van der Waals surface area contributed by atoms with Crippen LogP contribution in [0.3, 0.4) is 0 Å². The van der Waals surface area contributed by atoms with Crippen LogP contribution in [0.4, 0.5) is 4.39 Å². The molecule has 1 aromatic heterocycles. The van der Waals surface area contributed by atoms with Gasteiger partial charge in [-0.1, -0.05) is 18.2 Å². The fraction of sp³-hybridized carbons (Fsp3) is 0.333. The Balaban J connectivity index is 1.91. The molecule has 0 spiro atoms. The molecule has 0 aliphatic carbocycles. The lowest BCUT2D eigenvalue weighted by molar-refractivity contribution is 0.494. The number of aromatic nitrogens is 3. The SMILES string of the molecule is Fc1ccccc1Cc1nnc2n1CCNC2. The highest BCUT2D eigenvalue weighted by Gasteiger charge is 2.16. The van der Waals surface area contributed by atoms with Gasteiger partial charge >= 0.3 is 0 Å². The summed E-state index contributed by atoms with van der Waals surface area (Å²) in [5, 5.41) is 11.5. The minimum absolute atomic E-state index is 0.182. The van der Waals surface area contributed by atoms with Gasteiger partial charge in [-0.05, 0) is 11.6 Å². The summed E-state index contributed by atoms with van der Waals surface area (Å²) >= 11 is 0. The number of nitrogens with zero attached hydrogens (tertiary/aromatic N) is 3. The van der Waals surface area contributed by atoms with Crippen molar-refractivity contribution < 1.29 is 4.39 Å². The molecule has 1 N–H and O–H groups in total. The molecule has 0 saturated carbocycles. The van der Waals surface area contributed by atoms with Crippen molar-refractivity contribution in [1.82, 2.24) is 20.1 Å². The first-order valence-corrected chi connectivity index (χ1v) is 5.69. The first-order chi connectivity index (χ1) is 8.34. The fourth-order valence-corrected chi connectivity index (χ4v) is 2.10. The van der Waals surface area contributed by atoms with Gasteiger partial charge in [-0.2, -0.15) is 0 Å². The molecule has 0 unspecified atom stereocenters. The smallest absolute Gasteiger partial charge is 0.147 e. The predicted octanol–water partition coefficient (Wildman–Crippen LogP) is 1.11. The minimum Gasteiger partial charge on any atom is -0.312 e. The molecule has 0 atom stereocenters.